The van der Waals surface area contributed by atoms with Gasteiger partial charge in [-0.2, -0.15) is 0 Å². The summed E-state index contributed by atoms with van der Waals surface area (Å²) in [5, 5.41) is 3.39. The Bertz CT molecular complexity index is 551. The minimum absolute atomic E-state index is 0. The number of nitrogens with two attached hydrogens (primary N) is 1. The molecule has 2 atom stereocenters. The van der Waals surface area contributed by atoms with E-state index in [0.29, 0.717) is 11.6 Å². The minimum atomic E-state index is -0.364. The van der Waals surface area contributed by atoms with E-state index in [1.165, 1.54) is 12.1 Å². The largest absolute Gasteiger partial charge is 0.355 e. The number of halogens is 3. The molecular formula is C17H25Cl2FN2O. The van der Waals surface area contributed by atoms with Crippen LogP contribution >= 0.6 is 24.0 Å². The zero-order valence-electron chi connectivity index (χ0n) is 13.6. The van der Waals surface area contributed by atoms with Crippen LogP contribution in [0.1, 0.15) is 45.1 Å². The van der Waals surface area contributed by atoms with Crippen molar-refractivity contribution in [2.75, 3.05) is 6.54 Å². The Morgan fingerprint density at radius 2 is 2.13 bits per heavy atom. The fourth-order valence-corrected chi connectivity index (χ4v) is 3.47. The molecule has 3 nitrogen and oxygen atoms in total. The SMILES string of the molecule is CC(C)(CNC(=O)C1CCCC(N)C1)c1ccc(F)cc1Cl.Cl. The Morgan fingerprint density at radius 3 is 2.74 bits per heavy atom. The van der Waals surface area contributed by atoms with Gasteiger partial charge in [-0.1, -0.05) is 37.9 Å². The summed E-state index contributed by atoms with van der Waals surface area (Å²) in [5.74, 6) is -0.297. The summed E-state index contributed by atoms with van der Waals surface area (Å²) in [7, 11) is 0. The van der Waals surface area contributed by atoms with Crippen molar-refractivity contribution in [3.63, 3.8) is 0 Å². The van der Waals surface area contributed by atoms with E-state index in [9.17, 15) is 9.18 Å². The standard InChI is InChI=1S/C17H24ClFN2O.ClH/c1-17(2,14-7-6-12(19)9-15(14)18)10-21-16(22)11-4-3-5-13(20)8-11;/h6-7,9,11,13H,3-5,8,10,20H2,1-2H3,(H,21,22);1H. The smallest absolute Gasteiger partial charge is 0.223 e. The molecule has 0 aliphatic heterocycles. The van der Waals surface area contributed by atoms with Gasteiger partial charge in [0.25, 0.3) is 0 Å². The molecule has 1 aliphatic carbocycles. The molecule has 1 amide bonds. The van der Waals surface area contributed by atoms with E-state index < -0.39 is 0 Å². The molecule has 23 heavy (non-hydrogen) atoms. The summed E-state index contributed by atoms with van der Waals surface area (Å²) >= 11 is 6.13. The summed E-state index contributed by atoms with van der Waals surface area (Å²) in [5.41, 5.74) is 6.40. The monoisotopic (exact) mass is 362 g/mol. The Balaban J connectivity index is 0.00000264. The van der Waals surface area contributed by atoms with Crippen molar-refractivity contribution >= 4 is 29.9 Å². The number of benzene rings is 1. The van der Waals surface area contributed by atoms with Crippen molar-refractivity contribution in [2.24, 2.45) is 11.7 Å². The molecule has 1 fully saturated rings. The van der Waals surface area contributed by atoms with E-state index in [-0.39, 0.29) is 41.5 Å². The maximum atomic E-state index is 13.2. The van der Waals surface area contributed by atoms with E-state index in [4.69, 9.17) is 17.3 Å². The predicted molar refractivity (Wildman–Crippen MR) is 94.6 cm³/mol. The maximum Gasteiger partial charge on any atom is 0.223 e. The first-order valence-corrected chi connectivity index (χ1v) is 8.16. The molecule has 0 spiro atoms. The molecule has 1 saturated carbocycles. The second-order valence-corrected chi connectivity index (χ2v) is 7.26. The first kappa shape index (κ1) is 20.2. The number of rotatable bonds is 4. The van der Waals surface area contributed by atoms with E-state index in [1.54, 1.807) is 6.07 Å². The van der Waals surface area contributed by atoms with Crippen LogP contribution < -0.4 is 11.1 Å². The van der Waals surface area contributed by atoms with Crippen molar-refractivity contribution in [3.8, 4) is 0 Å². The molecule has 0 radical (unpaired) electrons. The van der Waals surface area contributed by atoms with Crippen LogP contribution in [0.15, 0.2) is 18.2 Å². The molecule has 0 aromatic heterocycles. The Morgan fingerprint density at radius 1 is 1.43 bits per heavy atom. The molecule has 0 saturated heterocycles. The van der Waals surface area contributed by atoms with Crippen LogP contribution in [0.25, 0.3) is 0 Å². The fourth-order valence-electron chi connectivity index (χ4n) is 3.05. The fraction of sp³-hybridized carbons (Fsp3) is 0.588. The molecule has 2 rings (SSSR count). The maximum absolute atomic E-state index is 13.2. The van der Waals surface area contributed by atoms with Crippen LogP contribution in [-0.4, -0.2) is 18.5 Å². The summed E-state index contributed by atoms with van der Waals surface area (Å²) in [6.45, 7) is 4.43. The van der Waals surface area contributed by atoms with Gasteiger partial charge in [-0.25, -0.2) is 4.39 Å². The van der Waals surface area contributed by atoms with Crippen LogP contribution in [0, 0.1) is 11.7 Å². The van der Waals surface area contributed by atoms with Crippen molar-refractivity contribution < 1.29 is 9.18 Å². The number of amides is 1. The lowest BCUT2D eigenvalue weighted by molar-refractivity contribution is -0.126. The highest BCUT2D eigenvalue weighted by Gasteiger charge is 2.28. The number of hydrogen-bond acceptors (Lipinski definition) is 2. The van der Waals surface area contributed by atoms with Gasteiger partial charge in [0, 0.05) is 28.9 Å². The molecule has 0 bridgehead atoms. The van der Waals surface area contributed by atoms with Gasteiger partial charge >= 0.3 is 0 Å². The third-order valence-corrected chi connectivity index (χ3v) is 4.76. The third-order valence-electron chi connectivity index (χ3n) is 4.45. The van der Waals surface area contributed by atoms with Crippen molar-refractivity contribution in [2.45, 2.75) is 51.0 Å². The molecular weight excluding hydrogens is 338 g/mol. The third kappa shape index (κ3) is 5.33. The van der Waals surface area contributed by atoms with Crippen LogP contribution in [0.4, 0.5) is 4.39 Å². The second-order valence-electron chi connectivity index (χ2n) is 6.85. The van der Waals surface area contributed by atoms with Gasteiger partial charge in [-0.05, 0) is 37.0 Å². The van der Waals surface area contributed by atoms with Gasteiger partial charge in [0.1, 0.15) is 5.82 Å². The molecule has 0 heterocycles. The second kappa shape index (κ2) is 8.32. The Hall–Kier alpha value is -0.840. The molecule has 1 aliphatic rings. The van der Waals surface area contributed by atoms with E-state index in [2.05, 4.69) is 5.32 Å². The van der Waals surface area contributed by atoms with Gasteiger partial charge in [-0.15, -0.1) is 12.4 Å². The zero-order valence-corrected chi connectivity index (χ0v) is 15.1. The topological polar surface area (TPSA) is 55.1 Å². The summed E-state index contributed by atoms with van der Waals surface area (Å²) in [6.07, 6.45) is 3.66. The average Bonchev–Trinajstić information content (AvgIpc) is 2.44. The summed E-state index contributed by atoms with van der Waals surface area (Å²) in [4.78, 5) is 12.3. The van der Waals surface area contributed by atoms with Crippen molar-refractivity contribution in [1.29, 1.82) is 0 Å². The number of nitrogens with one attached hydrogen (secondary N) is 1. The molecule has 1 aromatic carbocycles. The molecule has 1 aromatic rings. The van der Waals surface area contributed by atoms with Crippen LogP contribution in [-0.2, 0) is 10.2 Å². The van der Waals surface area contributed by atoms with Gasteiger partial charge in [0.15, 0.2) is 0 Å². The van der Waals surface area contributed by atoms with E-state index >= 15 is 0 Å². The van der Waals surface area contributed by atoms with Crippen molar-refractivity contribution in [1.82, 2.24) is 5.32 Å². The Labute approximate surface area is 148 Å². The highest BCUT2D eigenvalue weighted by atomic mass is 35.5. The zero-order chi connectivity index (χ0) is 16.3. The van der Waals surface area contributed by atoms with Gasteiger partial charge in [-0.3, -0.25) is 4.79 Å². The van der Waals surface area contributed by atoms with Crippen LogP contribution in [0.3, 0.4) is 0 Å². The highest BCUT2D eigenvalue weighted by Crippen LogP contribution is 2.30. The number of carbonyl (C=O) groups excluding carboxylic acids is 1. The Kier molecular flexibility index (Phi) is 7.30. The molecule has 130 valence electrons. The van der Waals surface area contributed by atoms with Crippen LogP contribution in [0.5, 0.6) is 0 Å². The lowest BCUT2D eigenvalue weighted by Gasteiger charge is -2.30. The first-order valence-electron chi connectivity index (χ1n) is 7.78. The summed E-state index contributed by atoms with van der Waals surface area (Å²) in [6, 6.07) is 4.51. The number of carbonyl (C=O) groups is 1. The van der Waals surface area contributed by atoms with Gasteiger partial charge < -0.3 is 11.1 Å². The van der Waals surface area contributed by atoms with Crippen molar-refractivity contribution in [3.05, 3.63) is 34.6 Å². The predicted octanol–water partition coefficient (Wildman–Crippen LogP) is 3.81. The van der Waals surface area contributed by atoms with Crippen LogP contribution in [0.2, 0.25) is 5.02 Å². The summed E-state index contributed by atoms with van der Waals surface area (Å²) < 4.78 is 13.2. The normalized spacial score (nSPS) is 21.4. The van der Waals surface area contributed by atoms with E-state index in [1.807, 2.05) is 13.8 Å². The minimum Gasteiger partial charge on any atom is -0.355 e. The van der Waals surface area contributed by atoms with Gasteiger partial charge in [0.2, 0.25) is 5.91 Å². The quantitative estimate of drug-likeness (QED) is 0.855. The van der Waals surface area contributed by atoms with Gasteiger partial charge in [0.05, 0.1) is 0 Å². The lowest BCUT2D eigenvalue weighted by atomic mass is 9.83. The molecule has 6 heteroatoms. The average molecular weight is 363 g/mol. The molecule has 2 unspecified atom stereocenters. The highest BCUT2D eigenvalue weighted by molar-refractivity contribution is 6.31. The molecule has 3 N–H and O–H groups in total. The lowest BCUT2D eigenvalue weighted by Crippen LogP contribution is -2.42. The first-order chi connectivity index (χ1) is 10.3. The number of hydrogen-bond donors (Lipinski definition) is 2. The van der Waals surface area contributed by atoms with E-state index in [0.717, 1.165) is 31.2 Å².